The van der Waals surface area contributed by atoms with Crippen LogP contribution in [0.4, 0.5) is 5.69 Å². The maximum absolute atomic E-state index is 7.95. The first-order valence-electron chi connectivity index (χ1n) is 19.3. The van der Waals surface area contributed by atoms with Crippen molar-refractivity contribution in [2.45, 2.75) is 5.41 Å². The molecular formula is C54H33N3. The highest BCUT2D eigenvalue weighted by molar-refractivity contribution is 6.00. The molecule has 3 heteroatoms. The Morgan fingerprint density at radius 2 is 0.825 bits per heavy atom. The predicted octanol–water partition coefficient (Wildman–Crippen LogP) is 13.7. The van der Waals surface area contributed by atoms with E-state index in [-0.39, 0.29) is 0 Å². The SMILES string of the molecule is [C-]#[N+]c1ccc2c(c1)-c1c(-c3ccc(-c4cc(-c5ccc(-c6ccccc6)cc5)nc(-c5ccccc5)n4)cc3)cccc1C21c2ccccc2-c2ccccc21. The van der Waals surface area contributed by atoms with Gasteiger partial charge in [0.2, 0.25) is 0 Å². The molecule has 57 heavy (non-hydrogen) atoms. The molecule has 1 aromatic heterocycles. The zero-order valence-electron chi connectivity index (χ0n) is 30.9. The van der Waals surface area contributed by atoms with Gasteiger partial charge in [0.15, 0.2) is 11.5 Å². The standard InChI is InChI=1S/C54H33N3/c1-55-41-31-32-48-45(33-41)52-42(19-12-22-49(52)54(48)46-20-10-8-17-43(46)44-18-9-11-21-47(44)54)37-25-29-39(30-26-37)51-34-50(56-53(57-51)40-15-6-3-7-16-40)38-27-23-36(24-28-38)35-13-4-2-5-14-35/h2-34H. The van der Waals surface area contributed by atoms with Gasteiger partial charge in [0.05, 0.1) is 23.4 Å². The number of aromatic nitrogens is 2. The molecule has 0 fully saturated rings. The van der Waals surface area contributed by atoms with Crippen molar-refractivity contribution in [3.63, 3.8) is 0 Å². The molecule has 2 aliphatic rings. The Hall–Kier alpha value is -7.67. The Morgan fingerprint density at radius 1 is 0.351 bits per heavy atom. The highest BCUT2D eigenvalue weighted by Crippen LogP contribution is 2.64. The summed E-state index contributed by atoms with van der Waals surface area (Å²) in [4.78, 5) is 14.1. The molecule has 0 unspecified atom stereocenters. The van der Waals surface area contributed by atoms with E-state index in [1.165, 1.54) is 50.1 Å². The van der Waals surface area contributed by atoms with Crippen LogP contribution in [0.15, 0.2) is 200 Å². The number of rotatable bonds is 5. The van der Waals surface area contributed by atoms with E-state index in [0.717, 1.165) is 44.8 Å². The summed E-state index contributed by atoms with van der Waals surface area (Å²) >= 11 is 0. The van der Waals surface area contributed by atoms with Crippen LogP contribution in [0.3, 0.4) is 0 Å². The summed E-state index contributed by atoms with van der Waals surface area (Å²) in [6.07, 6.45) is 0. The van der Waals surface area contributed by atoms with Crippen molar-refractivity contribution < 1.29 is 0 Å². The molecule has 11 rings (SSSR count). The first-order valence-corrected chi connectivity index (χ1v) is 19.3. The summed E-state index contributed by atoms with van der Waals surface area (Å²) in [5.41, 5.74) is 19.4. The fraction of sp³-hybridized carbons (Fsp3) is 0.0185. The molecule has 2 aliphatic carbocycles. The average Bonchev–Trinajstić information content (AvgIpc) is 3.76. The third kappa shape index (κ3) is 5.05. The van der Waals surface area contributed by atoms with E-state index >= 15 is 0 Å². The van der Waals surface area contributed by atoms with Gasteiger partial charge in [-0.25, -0.2) is 14.8 Å². The van der Waals surface area contributed by atoms with Gasteiger partial charge in [0.1, 0.15) is 0 Å². The summed E-state index contributed by atoms with van der Waals surface area (Å²) < 4.78 is 0. The molecule has 0 N–H and O–H groups in total. The van der Waals surface area contributed by atoms with Crippen molar-refractivity contribution in [2.75, 3.05) is 0 Å². The largest absolute Gasteiger partial charge is 0.238 e. The molecule has 0 aliphatic heterocycles. The van der Waals surface area contributed by atoms with Crippen molar-refractivity contribution in [3.05, 3.63) is 234 Å². The maximum atomic E-state index is 7.95. The van der Waals surface area contributed by atoms with Gasteiger partial charge in [-0.1, -0.05) is 188 Å². The number of hydrogen-bond donors (Lipinski definition) is 0. The van der Waals surface area contributed by atoms with E-state index in [1.807, 2.05) is 30.3 Å². The molecule has 9 aromatic rings. The van der Waals surface area contributed by atoms with Crippen LogP contribution in [0.1, 0.15) is 22.3 Å². The molecule has 264 valence electrons. The Labute approximate surface area is 332 Å². The lowest BCUT2D eigenvalue weighted by Crippen LogP contribution is -2.25. The molecule has 1 heterocycles. The maximum Gasteiger partial charge on any atom is 0.187 e. The molecule has 0 radical (unpaired) electrons. The van der Waals surface area contributed by atoms with Crippen LogP contribution in [0.25, 0.3) is 83.3 Å². The summed E-state index contributed by atoms with van der Waals surface area (Å²) in [6, 6.07) is 70.8. The topological polar surface area (TPSA) is 30.1 Å². The molecule has 0 saturated heterocycles. The first kappa shape index (κ1) is 32.7. The van der Waals surface area contributed by atoms with Gasteiger partial charge in [-0.2, -0.15) is 0 Å². The van der Waals surface area contributed by atoms with E-state index in [4.69, 9.17) is 16.5 Å². The number of hydrogen-bond acceptors (Lipinski definition) is 2. The Morgan fingerprint density at radius 3 is 1.44 bits per heavy atom. The number of nitrogens with zero attached hydrogens (tertiary/aromatic N) is 3. The Kier molecular flexibility index (Phi) is 7.45. The van der Waals surface area contributed by atoms with Crippen molar-refractivity contribution in [1.82, 2.24) is 9.97 Å². The van der Waals surface area contributed by atoms with Gasteiger partial charge in [-0.05, 0) is 78.9 Å². The molecular weight excluding hydrogens is 691 g/mol. The minimum atomic E-state index is -0.473. The number of fused-ring (bicyclic) bond motifs is 10. The zero-order valence-corrected chi connectivity index (χ0v) is 30.9. The van der Waals surface area contributed by atoms with Crippen LogP contribution < -0.4 is 0 Å². The van der Waals surface area contributed by atoms with Crippen LogP contribution in [-0.4, -0.2) is 9.97 Å². The predicted molar refractivity (Wildman–Crippen MR) is 232 cm³/mol. The average molecular weight is 724 g/mol. The molecule has 3 nitrogen and oxygen atoms in total. The van der Waals surface area contributed by atoms with Crippen LogP contribution in [0, 0.1) is 6.57 Å². The summed E-state index contributed by atoms with van der Waals surface area (Å²) in [6.45, 7) is 7.95. The van der Waals surface area contributed by atoms with Crippen LogP contribution in [-0.2, 0) is 5.41 Å². The number of benzene rings is 8. The lowest BCUT2D eigenvalue weighted by atomic mass is 9.70. The van der Waals surface area contributed by atoms with E-state index in [2.05, 4.69) is 175 Å². The molecule has 0 atom stereocenters. The monoisotopic (exact) mass is 723 g/mol. The van der Waals surface area contributed by atoms with E-state index in [1.54, 1.807) is 0 Å². The zero-order chi connectivity index (χ0) is 37.9. The quantitative estimate of drug-likeness (QED) is 0.166. The summed E-state index contributed by atoms with van der Waals surface area (Å²) in [5, 5.41) is 0. The summed E-state index contributed by atoms with van der Waals surface area (Å²) in [7, 11) is 0. The molecule has 0 saturated carbocycles. The van der Waals surface area contributed by atoms with Crippen molar-refractivity contribution in [3.8, 4) is 78.4 Å². The van der Waals surface area contributed by atoms with Gasteiger partial charge in [-0.3, -0.25) is 0 Å². The molecule has 0 amide bonds. The van der Waals surface area contributed by atoms with Gasteiger partial charge < -0.3 is 0 Å². The highest BCUT2D eigenvalue weighted by atomic mass is 14.9. The normalized spacial score (nSPS) is 12.7. The van der Waals surface area contributed by atoms with Gasteiger partial charge in [0, 0.05) is 16.7 Å². The van der Waals surface area contributed by atoms with Crippen molar-refractivity contribution >= 4 is 5.69 Å². The second kappa shape index (κ2) is 13.0. The van der Waals surface area contributed by atoms with Crippen LogP contribution >= 0.6 is 0 Å². The lowest BCUT2D eigenvalue weighted by molar-refractivity contribution is 0.794. The van der Waals surface area contributed by atoms with Crippen LogP contribution in [0.5, 0.6) is 0 Å². The Balaban J connectivity index is 1.04. The van der Waals surface area contributed by atoms with Gasteiger partial charge >= 0.3 is 0 Å². The molecule has 8 aromatic carbocycles. The smallest absolute Gasteiger partial charge is 0.187 e. The van der Waals surface area contributed by atoms with Gasteiger partial charge in [-0.15, -0.1) is 0 Å². The van der Waals surface area contributed by atoms with Crippen molar-refractivity contribution in [2.24, 2.45) is 0 Å². The minimum Gasteiger partial charge on any atom is -0.238 e. The Bertz CT molecular complexity index is 3000. The van der Waals surface area contributed by atoms with Crippen LogP contribution in [0.2, 0.25) is 0 Å². The van der Waals surface area contributed by atoms with E-state index < -0.39 is 5.41 Å². The second-order valence-corrected chi connectivity index (χ2v) is 14.8. The fourth-order valence-corrected chi connectivity index (χ4v) is 9.24. The highest BCUT2D eigenvalue weighted by Gasteiger charge is 2.52. The lowest BCUT2D eigenvalue weighted by Gasteiger charge is -2.30. The third-order valence-electron chi connectivity index (χ3n) is 11.8. The first-order chi connectivity index (χ1) is 28.2. The third-order valence-corrected chi connectivity index (χ3v) is 11.8. The minimum absolute atomic E-state index is 0.473. The summed E-state index contributed by atoms with van der Waals surface area (Å²) in [5.74, 6) is 0.690. The van der Waals surface area contributed by atoms with E-state index in [0.29, 0.717) is 11.5 Å². The fourth-order valence-electron chi connectivity index (χ4n) is 9.24. The molecule has 0 bridgehead atoms. The molecule has 1 spiro atoms. The van der Waals surface area contributed by atoms with Gasteiger partial charge in [0.25, 0.3) is 0 Å². The van der Waals surface area contributed by atoms with Crippen molar-refractivity contribution in [1.29, 1.82) is 0 Å². The van der Waals surface area contributed by atoms with E-state index in [9.17, 15) is 0 Å². The second-order valence-electron chi connectivity index (χ2n) is 14.8.